The van der Waals surface area contributed by atoms with E-state index < -0.39 is 51.2 Å². The van der Waals surface area contributed by atoms with Crippen molar-refractivity contribution in [3.8, 4) is 5.75 Å². The lowest BCUT2D eigenvalue weighted by Crippen LogP contribution is -2.60. The van der Waals surface area contributed by atoms with Crippen molar-refractivity contribution in [2.75, 3.05) is 12.0 Å². The van der Waals surface area contributed by atoms with Gasteiger partial charge in [0.05, 0.1) is 17.3 Å². The van der Waals surface area contributed by atoms with Crippen LogP contribution in [0.5, 0.6) is 5.75 Å². The Morgan fingerprint density at radius 1 is 1.00 bits per heavy atom. The lowest BCUT2D eigenvalue weighted by Gasteiger charge is -2.51. The molecule has 2 N–H and O–H groups in total. The minimum Gasteiger partial charge on any atom is -0.507 e. The first kappa shape index (κ1) is 30.0. The highest BCUT2D eigenvalue weighted by molar-refractivity contribution is 9.09. The number of allylic oxidation sites excluding steroid dienone is 2. The Morgan fingerprint density at radius 3 is 2.27 bits per heavy atom. The second-order valence-corrected chi connectivity index (χ2v) is 13.3. The fourth-order valence-corrected chi connectivity index (χ4v) is 8.72. The van der Waals surface area contributed by atoms with Gasteiger partial charge in [-0.05, 0) is 62.1 Å². The van der Waals surface area contributed by atoms with Crippen molar-refractivity contribution in [1.82, 2.24) is 9.80 Å². The molecular weight excluding hydrogens is 639 g/mol. The van der Waals surface area contributed by atoms with Crippen molar-refractivity contribution < 1.29 is 34.2 Å². The molecule has 41 heavy (non-hydrogen) atoms. The first-order valence-electron chi connectivity index (χ1n) is 13.7. The zero-order valence-corrected chi connectivity index (χ0v) is 25.8. The lowest BCUT2D eigenvalue weighted by molar-refractivity contribution is -0.141. The van der Waals surface area contributed by atoms with Crippen molar-refractivity contribution in [3.63, 3.8) is 0 Å². The Hall–Kier alpha value is -2.43. The van der Waals surface area contributed by atoms with E-state index in [1.54, 1.807) is 26.0 Å². The number of alkyl halides is 3. The van der Waals surface area contributed by atoms with Crippen LogP contribution < -0.4 is 0 Å². The first-order chi connectivity index (χ1) is 19.3. The molecule has 2 saturated heterocycles. The highest BCUT2D eigenvalue weighted by atomic mass is 79.9. The summed E-state index contributed by atoms with van der Waals surface area (Å²) in [4.78, 5) is 64.1. The number of aromatic hydroxyl groups is 1. The van der Waals surface area contributed by atoms with Gasteiger partial charge in [0.2, 0.25) is 11.8 Å². The fourth-order valence-electron chi connectivity index (χ4n) is 7.29. The largest absolute Gasteiger partial charge is 0.507 e. The fraction of sp³-hybridized carbons (Fsp3) is 0.552. The van der Waals surface area contributed by atoms with E-state index in [1.807, 2.05) is 6.08 Å². The molecule has 2 heterocycles. The quantitative estimate of drug-likeness (QED) is 0.138. The van der Waals surface area contributed by atoms with Crippen LogP contribution in [-0.4, -0.2) is 71.4 Å². The van der Waals surface area contributed by atoms with Crippen LogP contribution in [0, 0.1) is 31.6 Å². The van der Waals surface area contributed by atoms with E-state index in [0.29, 0.717) is 41.5 Å². The molecule has 1 aromatic carbocycles. The van der Waals surface area contributed by atoms with E-state index in [0.717, 1.165) is 4.90 Å². The number of rotatable bonds is 8. The normalized spacial score (nSPS) is 32.7. The third kappa shape index (κ3) is 4.35. The number of aryl methyl sites for hydroxylation is 2. The van der Waals surface area contributed by atoms with Gasteiger partial charge < -0.3 is 10.2 Å². The van der Waals surface area contributed by atoms with Gasteiger partial charge in [0.1, 0.15) is 5.75 Å². The van der Waals surface area contributed by atoms with Gasteiger partial charge in [0.25, 0.3) is 11.8 Å². The number of carboxylic acid groups (broad SMARTS) is 1. The van der Waals surface area contributed by atoms with Gasteiger partial charge in [-0.2, -0.15) is 0 Å². The van der Waals surface area contributed by atoms with Crippen LogP contribution in [0.15, 0.2) is 23.8 Å². The second-order valence-electron chi connectivity index (χ2n) is 11.5. The van der Waals surface area contributed by atoms with E-state index in [2.05, 4.69) is 15.9 Å². The first-order valence-corrected chi connectivity index (χ1v) is 15.5. The van der Waals surface area contributed by atoms with Crippen LogP contribution in [0.25, 0.3) is 0 Å². The number of phenols is 1. The molecular formula is C29H31BrCl2N2O7. The molecule has 1 aromatic rings. The summed E-state index contributed by atoms with van der Waals surface area (Å²) in [6.07, 6.45) is 3.59. The average Bonchev–Trinajstić information content (AvgIpc) is 3.24. The van der Waals surface area contributed by atoms with Gasteiger partial charge in [-0.25, -0.2) is 0 Å². The van der Waals surface area contributed by atoms with Crippen LogP contribution >= 0.6 is 39.1 Å². The van der Waals surface area contributed by atoms with Crippen LogP contribution in [0.3, 0.4) is 0 Å². The van der Waals surface area contributed by atoms with Crippen LogP contribution in [0.1, 0.15) is 61.1 Å². The highest BCUT2D eigenvalue weighted by Gasteiger charge is 2.76. The molecule has 6 atom stereocenters. The number of nitrogens with zero attached hydrogens (tertiary/aromatic N) is 2. The number of benzene rings is 1. The smallest absolute Gasteiger partial charge is 0.303 e. The number of phenolic OH excluding ortho intramolecular Hbond substituents is 1. The topological polar surface area (TPSA) is 132 Å². The molecule has 0 bridgehead atoms. The maximum atomic E-state index is 13.8. The van der Waals surface area contributed by atoms with Crippen molar-refractivity contribution in [3.05, 3.63) is 40.5 Å². The molecule has 4 amide bonds. The summed E-state index contributed by atoms with van der Waals surface area (Å²) in [6, 6.07) is 3.45. The molecule has 220 valence electrons. The van der Waals surface area contributed by atoms with Crippen molar-refractivity contribution >= 4 is 68.7 Å². The number of likely N-dealkylation sites (tertiary alicyclic amines) is 2. The van der Waals surface area contributed by atoms with Gasteiger partial charge in [-0.3, -0.25) is 33.8 Å². The van der Waals surface area contributed by atoms with E-state index in [-0.39, 0.29) is 48.8 Å². The van der Waals surface area contributed by atoms with E-state index >= 15 is 0 Å². The molecule has 9 nitrogen and oxygen atoms in total. The maximum absolute atomic E-state index is 13.8. The molecule has 0 aromatic heterocycles. The summed E-state index contributed by atoms with van der Waals surface area (Å²) in [6.45, 7) is 3.64. The average molecular weight is 670 g/mol. The van der Waals surface area contributed by atoms with E-state index in [1.165, 1.54) is 4.90 Å². The molecule has 4 aliphatic rings. The number of hydrogen-bond donors (Lipinski definition) is 2. The number of halogens is 3. The highest BCUT2D eigenvalue weighted by Crippen LogP contribution is 2.65. The number of aliphatic carboxylic acids is 1. The van der Waals surface area contributed by atoms with Crippen molar-refractivity contribution in [2.45, 2.75) is 68.0 Å². The molecule has 2 aliphatic heterocycles. The number of unbranched alkanes of at least 4 members (excludes halogenated alkanes) is 2. The lowest BCUT2D eigenvalue weighted by atomic mass is 9.56. The van der Waals surface area contributed by atoms with E-state index in [9.17, 15) is 29.1 Å². The minimum absolute atomic E-state index is 0.0240. The predicted molar refractivity (Wildman–Crippen MR) is 154 cm³/mol. The molecule has 2 aliphatic carbocycles. The van der Waals surface area contributed by atoms with Crippen molar-refractivity contribution in [1.29, 1.82) is 0 Å². The number of carbonyl (C=O) groups is 5. The molecule has 6 unspecified atom stereocenters. The molecule has 3 fully saturated rings. The number of amides is 4. The Labute approximate surface area is 256 Å². The molecule has 0 radical (unpaired) electrons. The number of fused-ring (bicyclic) bond motifs is 4. The Kier molecular flexibility index (Phi) is 7.83. The Morgan fingerprint density at radius 2 is 1.66 bits per heavy atom. The van der Waals surface area contributed by atoms with E-state index in [4.69, 9.17) is 28.3 Å². The number of hydrogen-bond acceptors (Lipinski definition) is 6. The summed E-state index contributed by atoms with van der Waals surface area (Å²) >= 11 is 17.7. The van der Waals surface area contributed by atoms with Gasteiger partial charge in [-0.1, -0.05) is 46.1 Å². The molecule has 0 spiro atoms. The predicted octanol–water partition coefficient (Wildman–Crippen LogP) is 4.37. The summed E-state index contributed by atoms with van der Waals surface area (Å²) in [5.41, 5.74) is 2.32. The van der Waals surface area contributed by atoms with Gasteiger partial charge >= 0.3 is 5.97 Å². The Bertz CT molecular complexity index is 1380. The van der Waals surface area contributed by atoms with Crippen LogP contribution in [-0.2, 0) is 24.0 Å². The minimum atomic E-state index is -1.89. The molecule has 12 heteroatoms. The number of carbonyl (C=O) groups excluding carboxylic acids is 4. The zero-order valence-electron chi connectivity index (χ0n) is 22.7. The van der Waals surface area contributed by atoms with Gasteiger partial charge in [-0.15, -0.1) is 23.2 Å². The summed E-state index contributed by atoms with van der Waals surface area (Å²) in [7, 11) is 0. The summed E-state index contributed by atoms with van der Waals surface area (Å²) in [5.74, 6) is -5.59. The maximum Gasteiger partial charge on any atom is 0.303 e. The van der Waals surface area contributed by atoms with Crippen molar-refractivity contribution in [2.24, 2.45) is 17.8 Å². The summed E-state index contributed by atoms with van der Waals surface area (Å²) in [5, 5.41) is 19.3. The Balaban J connectivity index is 1.56. The van der Waals surface area contributed by atoms with Gasteiger partial charge in [0, 0.05) is 18.9 Å². The standard InChI is InChI=1S/C29H31BrCl2N2O7/c1-14-10-16(11-15(2)23(14)37)22-17-7-8-18-21(25(39)33(24(18)38)9-5-3-4-6-20(35)36)19(17)12-28(31)26(40)34(13-30)27(41)29(22,28)32/h7,10-11,18-19,21-22,37H,3-6,8-9,12-13H2,1-2H3,(H,35,36). The number of imide groups is 2. The third-order valence-corrected chi connectivity index (χ3v) is 11.1. The van der Waals surface area contributed by atoms with Crippen LogP contribution in [0.2, 0.25) is 0 Å². The van der Waals surface area contributed by atoms with Crippen LogP contribution in [0.4, 0.5) is 0 Å². The molecule has 1 saturated carbocycles. The monoisotopic (exact) mass is 668 g/mol. The third-order valence-electron chi connectivity index (χ3n) is 9.23. The summed E-state index contributed by atoms with van der Waals surface area (Å²) < 4.78 is 0. The SMILES string of the molecule is Cc1cc(C2C3=CCC4C(=O)N(CCCCCC(=O)O)C(=O)C4C3CC3(Cl)C(=O)N(CBr)C(=O)C23Cl)cc(C)c1O. The zero-order chi connectivity index (χ0) is 30.0. The molecule has 5 rings (SSSR count). The second kappa shape index (κ2) is 10.7. The van der Waals surface area contributed by atoms with Gasteiger partial charge in [0.15, 0.2) is 9.75 Å². The number of carboxylic acids is 1.